The Morgan fingerprint density at radius 3 is 1.88 bits per heavy atom. The summed E-state index contributed by atoms with van der Waals surface area (Å²) in [7, 11) is 2.60. The number of hydrogen-bond donors (Lipinski definition) is 5. The largest absolute Gasteiger partial charge is 0.467 e. The molecule has 7 atom stereocenters. The van der Waals surface area contributed by atoms with Crippen LogP contribution < -0.4 is 26.6 Å². The van der Waals surface area contributed by atoms with Crippen LogP contribution in [-0.2, 0) is 47.7 Å². The molecule has 0 unspecified atom stereocenters. The van der Waals surface area contributed by atoms with E-state index in [1.54, 1.807) is 55.4 Å². The number of hydrogen-bond acceptors (Lipinski definition) is 11. The van der Waals surface area contributed by atoms with Gasteiger partial charge in [0.1, 0.15) is 35.8 Å². The number of methoxy groups -OCH3 is 2. The van der Waals surface area contributed by atoms with Crippen LogP contribution in [0.5, 0.6) is 0 Å². The van der Waals surface area contributed by atoms with Gasteiger partial charge in [-0.25, -0.2) is 9.59 Å². The van der Waals surface area contributed by atoms with E-state index in [1.807, 2.05) is 13.8 Å². The van der Waals surface area contributed by atoms with Gasteiger partial charge in [0.25, 0.3) is 0 Å². The molecule has 1 fully saturated rings. The number of morpholine rings is 1. The molecule has 1 aliphatic rings. The molecule has 1 aliphatic heterocycles. The molecule has 0 aliphatic carbocycles. The molecule has 0 bridgehead atoms. The second-order valence-corrected chi connectivity index (χ2v) is 14.8. The van der Waals surface area contributed by atoms with Crippen molar-refractivity contribution >= 4 is 41.6 Å². The molecule has 0 aromatic rings. The van der Waals surface area contributed by atoms with Crippen LogP contribution in [0.25, 0.3) is 0 Å². The minimum absolute atomic E-state index is 0.00900. The van der Waals surface area contributed by atoms with Crippen LogP contribution in [0.2, 0.25) is 0 Å². The van der Waals surface area contributed by atoms with Gasteiger partial charge in [-0.05, 0) is 58.8 Å². The van der Waals surface area contributed by atoms with Gasteiger partial charge in [0.05, 0.1) is 26.3 Å². The maximum Gasteiger partial charge on any atom is 0.408 e. The zero-order valence-electron chi connectivity index (χ0n) is 32.3. The lowest BCUT2D eigenvalue weighted by molar-refractivity contribution is -0.215. The van der Waals surface area contributed by atoms with Gasteiger partial charge in [0, 0.05) is 7.11 Å². The lowest BCUT2D eigenvalue weighted by Crippen LogP contribution is -2.66. The van der Waals surface area contributed by atoms with E-state index in [-0.39, 0.29) is 24.8 Å². The van der Waals surface area contributed by atoms with Crippen molar-refractivity contribution in [3.05, 3.63) is 0 Å². The predicted molar refractivity (Wildman–Crippen MR) is 186 cm³/mol. The Morgan fingerprint density at radius 1 is 0.824 bits per heavy atom. The van der Waals surface area contributed by atoms with Crippen LogP contribution in [0.1, 0.15) is 82.6 Å². The quantitative estimate of drug-likeness (QED) is 0.139. The summed E-state index contributed by atoms with van der Waals surface area (Å²) in [5, 5.41) is 12.9. The van der Waals surface area contributed by atoms with Crippen LogP contribution in [0.15, 0.2) is 0 Å². The van der Waals surface area contributed by atoms with Crippen molar-refractivity contribution < 1.29 is 52.5 Å². The van der Waals surface area contributed by atoms with E-state index in [0.29, 0.717) is 0 Å². The smallest absolute Gasteiger partial charge is 0.408 e. The monoisotopic (exact) mass is 728 g/mol. The normalized spacial score (nSPS) is 20.1. The Labute approximate surface area is 301 Å². The molecular formula is C34H60N6O11. The maximum atomic E-state index is 14.0. The summed E-state index contributed by atoms with van der Waals surface area (Å²) in [5.74, 6) is -4.59. The highest BCUT2D eigenvalue weighted by Gasteiger charge is 2.45. The van der Waals surface area contributed by atoms with Crippen LogP contribution >= 0.6 is 0 Å². The number of ether oxygens (including phenoxy) is 4. The Kier molecular flexibility index (Phi) is 17.8. The highest BCUT2D eigenvalue weighted by Crippen LogP contribution is 2.22. The molecule has 17 heteroatoms. The fourth-order valence-corrected chi connectivity index (χ4v) is 5.22. The number of nitrogens with zero attached hydrogens (tertiary/aromatic N) is 1. The van der Waals surface area contributed by atoms with E-state index in [1.165, 1.54) is 26.0 Å². The molecule has 1 heterocycles. The number of nitrogens with one attached hydrogen (secondary N) is 5. The van der Waals surface area contributed by atoms with Crippen molar-refractivity contribution in [1.82, 2.24) is 31.5 Å². The Balaban J connectivity index is 3.13. The molecule has 0 aromatic carbocycles. The van der Waals surface area contributed by atoms with Gasteiger partial charge in [-0.15, -0.1) is 0 Å². The fourth-order valence-electron chi connectivity index (χ4n) is 5.22. The third kappa shape index (κ3) is 14.6. The Morgan fingerprint density at radius 2 is 1.39 bits per heavy atom. The van der Waals surface area contributed by atoms with Crippen molar-refractivity contribution in [2.24, 2.45) is 17.8 Å². The molecule has 0 spiro atoms. The summed E-state index contributed by atoms with van der Waals surface area (Å²) in [6.45, 7) is 18.0. The topological polar surface area (TPSA) is 220 Å². The first-order valence-corrected chi connectivity index (χ1v) is 17.3. The summed E-state index contributed by atoms with van der Waals surface area (Å²) in [4.78, 5) is 92.6. The van der Waals surface area contributed by atoms with E-state index >= 15 is 0 Å². The third-order valence-corrected chi connectivity index (χ3v) is 7.87. The minimum Gasteiger partial charge on any atom is -0.467 e. The summed E-state index contributed by atoms with van der Waals surface area (Å²) in [6.07, 6.45) is -2.33. The third-order valence-electron chi connectivity index (χ3n) is 7.87. The highest BCUT2D eigenvalue weighted by atomic mass is 16.7. The van der Waals surface area contributed by atoms with E-state index in [9.17, 15) is 33.6 Å². The van der Waals surface area contributed by atoms with E-state index in [0.717, 1.165) is 0 Å². The van der Waals surface area contributed by atoms with Crippen LogP contribution in [-0.4, -0.2) is 122 Å². The summed E-state index contributed by atoms with van der Waals surface area (Å²) in [5.41, 5.74) is -0.787. The second kappa shape index (κ2) is 20.2. The molecule has 5 N–H and O–H groups in total. The fraction of sp³-hybridized carbons (Fsp3) is 0.794. The van der Waals surface area contributed by atoms with Crippen LogP contribution in [0.4, 0.5) is 4.79 Å². The molecular weight excluding hydrogens is 668 g/mol. The number of carbonyl (C=O) groups excluding carboxylic acids is 7. The van der Waals surface area contributed by atoms with Gasteiger partial charge in [0.15, 0.2) is 6.29 Å². The van der Waals surface area contributed by atoms with Crippen molar-refractivity contribution in [1.29, 1.82) is 0 Å². The summed E-state index contributed by atoms with van der Waals surface area (Å²) < 4.78 is 21.2. The van der Waals surface area contributed by atoms with Gasteiger partial charge in [-0.3, -0.25) is 24.0 Å². The van der Waals surface area contributed by atoms with Crippen molar-refractivity contribution in [3.8, 4) is 0 Å². The van der Waals surface area contributed by atoms with Crippen molar-refractivity contribution in [2.45, 2.75) is 131 Å². The Hall–Kier alpha value is -3.99. The zero-order valence-corrected chi connectivity index (χ0v) is 32.3. The average Bonchev–Trinajstić information content (AvgIpc) is 3.01. The minimum atomic E-state index is -1.23. The van der Waals surface area contributed by atoms with Crippen LogP contribution in [0, 0.1) is 17.8 Å². The molecule has 292 valence electrons. The average molecular weight is 729 g/mol. The summed E-state index contributed by atoms with van der Waals surface area (Å²) >= 11 is 0. The van der Waals surface area contributed by atoms with Gasteiger partial charge in [-0.1, -0.05) is 41.5 Å². The van der Waals surface area contributed by atoms with Crippen molar-refractivity contribution in [3.63, 3.8) is 0 Å². The number of amides is 6. The summed E-state index contributed by atoms with van der Waals surface area (Å²) in [6, 6.07) is -5.34. The first kappa shape index (κ1) is 45.0. The molecule has 0 radical (unpaired) electrons. The van der Waals surface area contributed by atoms with Gasteiger partial charge >= 0.3 is 12.1 Å². The molecule has 0 saturated carbocycles. The SMILES string of the molecule is COC(=O)[C@H](NC(=O)[C@@H](CC(C)C)NC(=O)CNC(=O)[C@@H]1[C@@H](C)O[C@H](OC)CN1C(=O)[C@H](NC(=O)[C@@H](C)NC(=O)OC(C)(C)C)C(C)C)C(C)C. The maximum absolute atomic E-state index is 14.0. The van der Waals surface area contributed by atoms with E-state index in [2.05, 4.69) is 26.6 Å². The van der Waals surface area contributed by atoms with E-state index < -0.39 is 102 Å². The molecule has 1 saturated heterocycles. The van der Waals surface area contributed by atoms with Crippen molar-refractivity contribution in [2.75, 3.05) is 27.3 Å². The first-order chi connectivity index (χ1) is 23.5. The second-order valence-electron chi connectivity index (χ2n) is 14.8. The molecule has 51 heavy (non-hydrogen) atoms. The van der Waals surface area contributed by atoms with E-state index in [4.69, 9.17) is 18.9 Å². The number of alkyl carbamates (subject to hydrolysis) is 1. The lowest BCUT2D eigenvalue weighted by Gasteiger charge is -2.43. The number of rotatable bonds is 16. The van der Waals surface area contributed by atoms with Crippen LogP contribution in [0.3, 0.4) is 0 Å². The molecule has 6 amide bonds. The number of esters is 1. The standard InChI is InChI=1S/C34H60N6O11/c1-17(2)14-22(29(43)39-26(19(5)6)32(46)49-13)37-23(41)15-35-30(44)27-21(8)50-24(48-12)16-40(27)31(45)25(18(3)4)38-28(42)20(7)36-33(47)51-34(9,10)11/h17-22,24-27H,14-16H2,1-13H3,(H,35,44)(H,36,47)(H,37,41)(H,38,42)(H,39,43)/t20-,21-,22-,24+,25-,26-,27+/m1/s1. The molecule has 1 rings (SSSR count). The first-order valence-electron chi connectivity index (χ1n) is 17.3. The lowest BCUT2D eigenvalue weighted by atomic mass is 9.99. The molecule has 0 aromatic heterocycles. The zero-order chi connectivity index (χ0) is 39.4. The molecule has 17 nitrogen and oxygen atoms in total. The van der Waals surface area contributed by atoms with Gasteiger partial charge in [0.2, 0.25) is 29.5 Å². The van der Waals surface area contributed by atoms with Gasteiger partial charge < -0.3 is 50.4 Å². The Bertz CT molecular complexity index is 1240. The predicted octanol–water partition coefficient (Wildman–Crippen LogP) is 0.590. The van der Waals surface area contributed by atoms with Gasteiger partial charge in [-0.2, -0.15) is 0 Å². The number of carbonyl (C=O) groups is 7. The highest BCUT2D eigenvalue weighted by molar-refractivity contribution is 5.96.